The van der Waals surface area contributed by atoms with Crippen LogP contribution >= 0.6 is 11.3 Å². The highest BCUT2D eigenvalue weighted by atomic mass is 32.1. The van der Waals surface area contributed by atoms with Gasteiger partial charge in [-0.05, 0) is 6.42 Å². The number of nitrogens with two attached hydrogens (primary N) is 1. The van der Waals surface area contributed by atoms with Crippen LogP contribution in [-0.4, -0.2) is 42.1 Å². The van der Waals surface area contributed by atoms with E-state index in [0.717, 1.165) is 17.4 Å². The first-order valence-electron chi connectivity index (χ1n) is 5.82. The van der Waals surface area contributed by atoms with Crippen LogP contribution in [0.4, 0.5) is 24.1 Å². The van der Waals surface area contributed by atoms with Gasteiger partial charge in [0.2, 0.25) is 0 Å². The smallest absolute Gasteiger partial charge is 0.382 e. The quantitative estimate of drug-likeness (QED) is 0.821. The lowest BCUT2D eigenvalue weighted by atomic mass is 10.1. The molecule has 0 spiro atoms. The van der Waals surface area contributed by atoms with E-state index in [1.807, 2.05) is 0 Å². The van der Waals surface area contributed by atoms with E-state index < -0.39 is 11.7 Å². The molecule has 0 aliphatic carbocycles. The highest BCUT2D eigenvalue weighted by Gasteiger charge is 2.36. The number of hydrogen-bond donors (Lipinski definition) is 2. The van der Waals surface area contributed by atoms with Gasteiger partial charge in [-0.3, -0.25) is 4.79 Å². The number of nitrogen functional groups attached to an aromatic ring is 1. The number of rotatable bonds is 2. The first kappa shape index (κ1) is 14.6. The van der Waals surface area contributed by atoms with Crippen molar-refractivity contribution in [2.75, 3.05) is 31.2 Å². The van der Waals surface area contributed by atoms with Crippen LogP contribution in [0.5, 0.6) is 0 Å². The van der Waals surface area contributed by atoms with Crippen molar-refractivity contribution in [2.24, 2.45) is 0 Å². The van der Waals surface area contributed by atoms with Gasteiger partial charge in [0.25, 0.3) is 5.91 Å². The van der Waals surface area contributed by atoms with Gasteiger partial charge in [-0.25, -0.2) is 4.98 Å². The molecule has 110 valence electrons. The highest BCUT2D eigenvalue weighted by molar-refractivity contribution is 7.18. The molecule has 0 atom stereocenters. The molecule has 1 aliphatic heterocycles. The summed E-state index contributed by atoms with van der Waals surface area (Å²) in [5, 5.41) is 3.26. The zero-order chi connectivity index (χ0) is 14.9. The third kappa shape index (κ3) is 2.87. The molecule has 2 rings (SSSR count). The van der Waals surface area contributed by atoms with Gasteiger partial charge in [-0.2, -0.15) is 13.2 Å². The van der Waals surface area contributed by atoms with Crippen molar-refractivity contribution in [3.05, 3.63) is 16.5 Å². The number of amides is 1. The number of halogens is 3. The van der Waals surface area contributed by atoms with Gasteiger partial charge in [-0.1, -0.05) is 17.4 Å². The van der Waals surface area contributed by atoms with Crippen LogP contribution < -0.4 is 11.1 Å². The van der Waals surface area contributed by atoms with Crippen LogP contribution in [0.25, 0.3) is 0 Å². The van der Waals surface area contributed by atoms with E-state index in [-0.39, 0.29) is 36.1 Å². The van der Waals surface area contributed by atoms with E-state index in [4.69, 9.17) is 5.73 Å². The van der Waals surface area contributed by atoms with E-state index in [1.165, 1.54) is 4.90 Å². The Balaban J connectivity index is 2.12. The minimum Gasteiger partial charge on any atom is -0.382 e. The zero-order valence-electron chi connectivity index (χ0n) is 10.6. The minimum absolute atomic E-state index is 0.0242. The maximum absolute atomic E-state index is 12.5. The Morgan fingerprint density at radius 3 is 2.70 bits per heavy atom. The fourth-order valence-electron chi connectivity index (χ4n) is 1.85. The zero-order valence-corrected chi connectivity index (χ0v) is 11.4. The maximum atomic E-state index is 12.5. The fraction of sp³-hybridized carbons (Fsp3) is 0.455. The first-order valence-corrected chi connectivity index (χ1v) is 6.64. The molecule has 1 aromatic heterocycles. The lowest BCUT2D eigenvalue weighted by Gasteiger charge is -2.26. The molecule has 0 saturated carbocycles. The van der Waals surface area contributed by atoms with Crippen molar-refractivity contribution in [1.82, 2.24) is 9.88 Å². The summed E-state index contributed by atoms with van der Waals surface area (Å²) in [6, 6.07) is 0. The molecular formula is C11H13F3N4OS. The maximum Gasteiger partial charge on any atom is 0.412 e. The van der Waals surface area contributed by atoms with Gasteiger partial charge < -0.3 is 16.0 Å². The highest BCUT2D eigenvalue weighted by Crippen LogP contribution is 2.31. The monoisotopic (exact) mass is 306 g/mol. The van der Waals surface area contributed by atoms with Crippen molar-refractivity contribution < 1.29 is 18.0 Å². The number of hydrogen-bond acceptors (Lipinski definition) is 5. The normalized spacial score (nSPS) is 16.0. The summed E-state index contributed by atoms with van der Waals surface area (Å²) in [4.78, 5) is 17.7. The molecule has 1 amide bonds. The molecule has 0 radical (unpaired) electrons. The fourth-order valence-corrected chi connectivity index (χ4v) is 2.65. The molecule has 5 nitrogen and oxygen atoms in total. The van der Waals surface area contributed by atoms with Gasteiger partial charge in [0.15, 0.2) is 5.13 Å². The van der Waals surface area contributed by atoms with E-state index >= 15 is 0 Å². The minimum atomic E-state index is -4.32. The largest absolute Gasteiger partial charge is 0.412 e. The average molecular weight is 306 g/mol. The van der Waals surface area contributed by atoms with Gasteiger partial charge in [0, 0.05) is 25.7 Å². The summed E-state index contributed by atoms with van der Waals surface area (Å²) in [5.41, 5.74) is 5.05. The molecule has 0 saturated heterocycles. The SMILES string of the molecule is CNc1nc(N)c(C(=O)N2CC=C(C(F)(F)F)CC2)s1. The van der Waals surface area contributed by atoms with Crippen molar-refractivity contribution in [3.8, 4) is 0 Å². The molecule has 1 aromatic rings. The number of carbonyl (C=O) groups is 1. The second-order valence-corrected chi connectivity index (χ2v) is 5.21. The third-order valence-corrected chi connectivity index (χ3v) is 4.00. The number of nitrogens with one attached hydrogen (secondary N) is 1. The second-order valence-electron chi connectivity index (χ2n) is 4.21. The lowest BCUT2D eigenvalue weighted by molar-refractivity contribution is -0.0957. The van der Waals surface area contributed by atoms with Gasteiger partial charge in [0.1, 0.15) is 10.7 Å². The summed E-state index contributed by atoms with van der Waals surface area (Å²) in [7, 11) is 1.64. The molecule has 0 fully saturated rings. The van der Waals surface area contributed by atoms with Gasteiger partial charge >= 0.3 is 6.18 Å². The number of thiazole rings is 1. The van der Waals surface area contributed by atoms with Crippen LogP contribution in [-0.2, 0) is 0 Å². The Hall–Kier alpha value is -1.77. The molecule has 0 aromatic carbocycles. The van der Waals surface area contributed by atoms with E-state index in [0.29, 0.717) is 5.13 Å². The Kier molecular flexibility index (Phi) is 3.89. The summed E-state index contributed by atoms with van der Waals surface area (Å²) in [5.74, 6) is -0.297. The second kappa shape index (κ2) is 5.31. The topological polar surface area (TPSA) is 71.2 Å². The molecular weight excluding hydrogens is 293 g/mol. The van der Waals surface area contributed by atoms with Crippen LogP contribution in [0.3, 0.4) is 0 Å². The molecule has 20 heavy (non-hydrogen) atoms. The number of nitrogens with zero attached hydrogens (tertiary/aromatic N) is 2. The van der Waals surface area contributed by atoms with Gasteiger partial charge in [-0.15, -0.1) is 0 Å². The van der Waals surface area contributed by atoms with Crippen LogP contribution in [0.2, 0.25) is 0 Å². The Bertz CT molecular complexity index is 552. The Labute approximate surface area is 117 Å². The van der Waals surface area contributed by atoms with Crippen molar-refractivity contribution in [2.45, 2.75) is 12.6 Å². The summed E-state index contributed by atoms with van der Waals surface area (Å²) in [6.45, 7) is -0.0453. The number of anilines is 2. The lowest BCUT2D eigenvalue weighted by Crippen LogP contribution is -2.36. The third-order valence-electron chi connectivity index (χ3n) is 2.92. The summed E-state index contributed by atoms with van der Waals surface area (Å²) in [6.07, 6.45) is -3.48. The predicted molar refractivity (Wildman–Crippen MR) is 70.7 cm³/mol. The molecule has 0 bridgehead atoms. The van der Waals surface area contributed by atoms with Crippen LogP contribution in [0, 0.1) is 0 Å². The van der Waals surface area contributed by atoms with E-state index in [9.17, 15) is 18.0 Å². The van der Waals surface area contributed by atoms with Crippen LogP contribution in [0.15, 0.2) is 11.6 Å². The molecule has 1 aliphatic rings. The number of aromatic nitrogens is 1. The van der Waals surface area contributed by atoms with Crippen LogP contribution in [0.1, 0.15) is 16.1 Å². The standard InChI is InChI=1S/C11H13F3N4OS/c1-16-10-17-8(15)7(20-10)9(19)18-4-2-6(3-5-18)11(12,13)14/h2H,3-5,15H2,1H3,(H,16,17). The molecule has 9 heteroatoms. The molecule has 2 heterocycles. The summed E-state index contributed by atoms with van der Waals surface area (Å²) < 4.78 is 37.5. The van der Waals surface area contributed by atoms with Crippen molar-refractivity contribution >= 4 is 28.2 Å². The average Bonchev–Trinajstić information content (AvgIpc) is 2.78. The Morgan fingerprint density at radius 1 is 1.55 bits per heavy atom. The number of alkyl halides is 3. The van der Waals surface area contributed by atoms with E-state index in [1.54, 1.807) is 7.05 Å². The number of carbonyl (C=O) groups excluding carboxylic acids is 1. The Morgan fingerprint density at radius 2 is 2.25 bits per heavy atom. The first-order chi connectivity index (χ1) is 9.32. The predicted octanol–water partition coefficient (Wildman–Crippen LogP) is 2.10. The molecule has 3 N–H and O–H groups in total. The summed E-state index contributed by atoms with van der Waals surface area (Å²) >= 11 is 1.09. The van der Waals surface area contributed by atoms with E-state index in [2.05, 4.69) is 10.3 Å². The van der Waals surface area contributed by atoms with Crippen molar-refractivity contribution in [3.63, 3.8) is 0 Å². The molecule has 0 unspecified atom stereocenters. The van der Waals surface area contributed by atoms with Crippen molar-refractivity contribution in [1.29, 1.82) is 0 Å². The van der Waals surface area contributed by atoms with Gasteiger partial charge in [0.05, 0.1) is 0 Å².